The number of nitrogens with two attached hydrogens (primary N) is 1. The van der Waals surface area contributed by atoms with Gasteiger partial charge < -0.3 is 5.73 Å². The summed E-state index contributed by atoms with van der Waals surface area (Å²) in [5.41, 5.74) is 10.9. The predicted molar refractivity (Wildman–Crippen MR) is 88.7 cm³/mol. The van der Waals surface area contributed by atoms with Crippen molar-refractivity contribution < 1.29 is 0 Å². The van der Waals surface area contributed by atoms with Gasteiger partial charge in [-0.2, -0.15) is 5.10 Å². The molecular formula is C16H15BrN4. The van der Waals surface area contributed by atoms with Gasteiger partial charge in [0.25, 0.3) is 0 Å². The second kappa shape index (κ2) is 5.33. The van der Waals surface area contributed by atoms with Gasteiger partial charge in [0, 0.05) is 23.3 Å². The number of aromatic nitrogens is 3. The van der Waals surface area contributed by atoms with Crippen LogP contribution in [0.1, 0.15) is 5.56 Å². The summed E-state index contributed by atoms with van der Waals surface area (Å²) in [7, 11) is 1.84. The van der Waals surface area contributed by atoms with Crippen LogP contribution in [0, 0.1) is 6.92 Å². The molecule has 3 rings (SSSR count). The summed E-state index contributed by atoms with van der Waals surface area (Å²) in [6.45, 7) is 2.06. The van der Waals surface area contributed by atoms with Crippen LogP contribution in [-0.2, 0) is 7.05 Å². The van der Waals surface area contributed by atoms with Crippen molar-refractivity contribution in [3.05, 3.63) is 52.6 Å². The fourth-order valence-corrected chi connectivity index (χ4v) is 2.62. The lowest BCUT2D eigenvalue weighted by molar-refractivity contribution is 0.782. The van der Waals surface area contributed by atoms with Crippen LogP contribution in [0.25, 0.3) is 22.5 Å². The lowest BCUT2D eigenvalue weighted by atomic mass is 10.0. The number of hydrogen-bond acceptors (Lipinski definition) is 3. The molecule has 0 atom stereocenters. The summed E-state index contributed by atoms with van der Waals surface area (Å²) in [5, 5.41) is 4.56. The lowest BCUT2D eigenvalue weighted by Crippen LogP contribution is -1.98. The molecule has 0 spiro atoms. The Bertz CT molecular complexity index is 794. The number of anilines is 1. The molecule has 0 amide bonds. The zero-order valence-corrected chi connectivity index (χ0v) is 13.4. The molecule has 3 aromatic rings. The van der Waals surface area contributed by atoms with Crippen molar-refractivity contribution in [3.8, 4) is 22.5 Å². The smallest absolute Gasteiger partial charge is 0.131 e. The van der Waals surface area contributed by atoms with Gasteiger partial charge in [0.15, 0.2) is 0 Å². The zero-order valence-electron chi connectivity index (χ0n) is 11.8. The molecule has 2 aromatic heterocycles. The van der Waals surface area contributed by atoms with Gasteiger partial charge in [-0.3, -0.25) is 9.67 Å². The molecule has 0 fully saturated rings. The Morgan fingerprint density at radius 3 is 2.67 bits per heavy atom. The number of pyridine rings is 1. The highest BCUT2D eigenvalue weighted by Crippen LogP contribution is 2.36. The molecule has 0 bridgehead atoms. The molecule has 0 aliphatic rings. The van der Waals surface area contributed by atoms with Crippen molar-refractivity contribution in [1.29, 1.82) is 0 Å². The number of rotatable bonds is 2. The lowest BCUT2D eigenvalue weighted by Gasteiger charge is -2.05. The maximum atomic E-state index is 6.19. The molecule has 0 unspecified atom stereocenters. The van der Waals surface area contributed by atoms with Gasteiger partial charge in [-0.25, -0.2) is 0 Å². The van der Waals surface area contributed by atoms with Gasteiger partial charge in [0.2, 0.25) is 0 Å². The molecular weight excluding hydrogens is 328 g/mol. The average molecular weight is 343 g/mol. The Kier molecular flexibility index (Phi) is 3.51. The van der Waals surface area contributed by atoms with Gasteiger partial charge in [0.1, 0.15) is 11.5 Å². The summed E-state index contributed by atoms with van der Waals surface area (Å²) in [4.78, 5) is 4.40. The number of nitrogens with zero attached hydrogens (tertiary/aromatic N) is 3. The minimum Gasteiger partial charge on any atom is -0.383 e. The Balaban J connectivity index is 2.24. The van der Waals surface area contributed by atoms with E-state index in [0.717, 1.165) is 27.0 Å². The van der Waals surface area contributed by atoms with E-state index < -0.39 is 0 Å². The molecule has 4 nitrogen and oxygen atoms in total. The Morgan fingerprint density at radius 2 is 2.00 bits per heavy atom. The quantitative estimate of drug-likeness (QED) is 0.770. The van der Waals surface area contributed by atoms with Crippen molar-refractivity contribution in [2.24, 2.45) is 7.05 Å². The normalized spacial score (nSPS) is 10.8. The first-order chi connectivity index (χ1) is 10.1. The fourth-order valence-electron chi connectivity index (χ4n) is 2.24. The molecule has 0 saturated heterocycles. The van der Waals surface area contributed by atoms with Crippen molar-refractivity contribution >= 4 is 21.7 Å². The maximum absolute atomic E-state index is 6.19. The molecule has 106 valence electrons. The first kappa shape index (κ1) is 13.8. The van der Waals surface area contributed by atoms with E-state index in [1.165, 1.54) is 5.56 Å². The standard InChI is InChI=1S/C16H15BrN4/c1-10-6-7-11(9-12(10)17)15-14(16(18)21(2)20-15)13-5-3-4-8-19-13/h3-9H,18H2,1-2H3. The third-order valence-electron chi connectivity index (χ3n) is 3.46. The van der Waals surface area contributed by atoms with Crippen molar-refractivity contribution in [2.45, 2.75) is 6.92 Å². The topological polar surface area (TPSA) is 56.7 Å². The van der Waals surface area contributed by atoms with Crippen molar-refractivity contribution in [2.75, 3.05) is 5.73 Å². The predicted octanol–water partition coefficient (Wildman–Crippen LogP) is 3.80. The van der Waals surface area contributed by atoms with E-state index in [2.05, 4.69) is 45.1 Å². The maximum Gasteiger partial charge on any atom is 0.131 e. The first-order valence-corrected chi connectivity index (χ1v) is 7.37. The minimum absolute atomic E-state index is 0.611. The summed E-state index contributed by atoms with van der Waals surface area (Å²) >= 11 is 3.57. The number of hydrogen-bond donors (Lipinski definition) is 1. The summed E-state index contributed by atoms with van der Waals surface area (Å²) in [5.74, 6) is 0.611. The molecule has 1 aromatic carbocycles. The van der Waals surface area contributed by atoms with Crippen molar-refractivity contribution in [1.82, 2.24) is 14.8 Å². The zero-order chi connectivity index (χ0) is 15.0. The van der Waals surface area contributed by atoms with Crippen LogP contribution in [-0.4, -0.2) is 14.8 Å². The van der Waals surface area contributed by atoms with E-state index in [9.17, 15) is 0 Å². The second-order valence-corrected chi connectivity index (χ2v) is 5.77. The van der Waals surface area contributed by atoms with E-state index >= 15 is 0 Å². The van der Waals surface area contributed by atoms with Crippen molar-refractivity contribution in [3.63, 3.8) is 0 Å². The minimum atomic E-state index is 0.611. The van der Waals surface area contributed by atoms with E-state index in [-0.39, 0.29) is 0 Å². The molecule has 2 N–H and O–H groups in total. The molecule has 0 radical (unpaired) electrons. The number of halogens is 1. The molecule has 0 aliphatic carbocycles. The molecule has 2 heterocycles. The highest BCUT2D eigenvalue weighted by molar-refractivity contribution is 9.10. The fraction of sp³-hybridized carbons (Fsp3) is 0.125. The summed E-state index contributed by atoms with van der Waals surface area (Å²) in [6.07, 6.45) is 1.76. The third kappa shape index (κ3) is 2.45. The highest BCUT2D eigenvalue weighted by atomic mass is 79.9. The van der Waals surface area contributed by atoms with E-state index in [1.807, 2.05) is 31.3 Å². The largest absolute Gasteiger partial charge is 0.383 e. The van der Waals surface area contributed by atoms with Crippen LogP contribution in [0.15, 0.2) is 47.1 Å². The number of nitrogen functional groups attached to an aromatic ring is 1. The van der Waals surface area contributed by atoms with Gasteiger partial charge in [-0.15, -0.1) is 0 Å². The number of benzene rings is 1. The third-order valence-corrected chi connectivity index (χ3v) is 4.31. The van der Waals surface area contributed by atoms with E-state index in [1.54, 1.807) is 10.9 Å². The first-order valence-electron chi connectivity index (χ1n) is 6.58. The SMILES string of the molecule is Cc1ccc(-c2nn(C)c(N)c2-c2ccccn2)cc1Br. The average Bonchev–Trinajstić information content (AvgIpc) is 2.79. The monoisotopic (exact) mass is 342 g/mol. The molecule has 0 aliphatic heterocycles. The second-order valence-electron chi connectivity index (χ2n) is 4.91. The Labute approximate surface area is 131 Å². The van der Waals surface area contributed by atoms with Crippen LogP contribution < -0.4 is 5.73 Å². The van der Waals surface area contributed by atoms with Crippen LogP contribution in [0.2, 0.25) is 0 Å². The van der Waals surface area contributed by atoms with Gasteiger partial charge in [-0.1, -0.05) is 34.1 Å². The van der Waals surface area contributed by atoms with Gasteiger partial charge in [-0.05, 0) is 30.7 Å². The van der Waals surface area contributed by atoms with Crippen LogP contribution >= 0.6 is 15.9 Å². The molecule has 5 heteroatoms. The van der Waals surface area contributed by atoms with Crippen LogP contribution in [0.4, 0.5) is 5.82 Å². The Hall–Kier alpha value is -2.14. The Morgan fingerprint density at radius 1 is 1.19 bits per heavy atom. The number of aryl methyl sites for hydroxylation is 2. The summed E-state index contributed by atoms with van der Waals surface area (Å²) in [6, 6.07) is 12.0. The van der Waals surface area contributed by atoms with Gasteiger partial charge >= 0.3 is 0 Å². The molecule has 0 saturated carbocycles. The molecule has 21 heavy (non-hydrogen) atoms. The highest BCUT2D eigenvalue weighted by Gasteiger charge is 2.18. The van der Waals surface area contributed by atoms with Crippen LogP contribution in [0.5, 0.6) is 0 Å². The van der Waals surface area contributed by atoms with E-state index in [0.29, 0.717) is 5.82 Å². The van der Waals surface area contributed by atoms with E-state index in [4.69, 9.17) is 5.73 Å². The van der Waals surface area contributed by atoms with Gasteiger partial charge in [0.05, 0.1) is 11.3 Å². The van der Waals surface area contributed by atoms with Crippen LogP contribution in [0.3, 0.4) is 0 Å². The summed E-state index contributed by atoms with van der Waals surface area (Å²) < 4.78 is 2.74.